The molecule has 0 saturated carbocycles. The minimum Gasteiger partial charge on any atom is -0.480 e. The number of hydrogen-bond acceptors (Lipinski definition) is 8. The van der Waals surface area contributed by atoms with Crippen LogP contribution in [0.2, 0.25) is 0 Å². The molecule has 0 aliphatic carbocycles. The maximum atomic E-state index is 13.1. The van der Waals surface area contributed by atoms with Gasteiger partial charge in [-0.2, -0.15) is 0 Å². The van der Waals surface area contributed by atoms with Gasteiger partial charge in [0.05, 0.1) is 18.8 Å². The number of aliphatic imine (C=N–C) groups is 1. The molecule has 1 aromatic heterocycles. The maximum absolute atomic E-state index is 13.1. The van der Waals surface area contributed by atoms with Crippen molar-refractivity contribution < 1.29 is 29.1 Å². The lowest BCUT2D eigenvalue weighted by Crippen LogP contribution is -2.59. The van der Waals surface area contributed by atoms with E-state index in [4.69, 9.17) is 22.9 Å². The molecule has 4 amide bonds. The van der Waals surface area contributed by atoms with Crippen molar-refractivity contribution in [3.63, 3.8) is 0 Å². The van der Waals surface area contributed by atoms with Crippen LogP contribution in [0, 0.1) is 5.92 Å². The van der Waals surface area contributed by atoms with Gasteiger partial charge < -0.3 is 49.0 Å². The van der Waals surface area contributed by atoms with Crippen LogP contribution in [0.25, 0.3) is 0 Å². The zero-order valence-electron chi connectivity index (χ0n) is 20.8. The molecule has 0 fully saturated rings. The number of H-pyrrole nitrogens is 1. The Morgan fingerprint density at radius 2 is 1.68 bits per heavy atom. The summed E-state index contributed by atoms with van der Waals surface area (Å²) in [6.07, 6.45) is 2.71. The van der Waals surface area contributed by atoms with Gasteiger partial charge in [-0.05, 0) is 18.8 Å². The third kappa shape index (κ3) is 11.4. The molecule has 4 atom stereocenters. The molecule has 0 aliphatic rings. The monoisotopic (exact) mass is 524 g/mol. The summed E-state index contributed by atoms with van der Waals surface area (Å²) < 4.78 is 0. The molecule has 37 heavy (non-hydrogen) atoms. The first kappa shape index (κ1) is 30.8. The SMILES string of the molecule is CC(C)C(NC(=O)C(Cc1cnc[nH]1)NC(=O)C(N)CC(N)=O)C(=O)NC(CCCN=C(N)N)C(=O)O. The molecule has 16 heteroatoms. The standard InChI is InChI=1S/C21H36N10O6/c1-10(2)16(19(35)29-13(20(36)37)4-3-5-27-21(24)25)31-18(34)14(6-11-8-26-9-28-11)30-17(33)12(22)7-15(23)32/h8-10,12-14,16H,3-7,22H2,1-2H3,(H2,23,32)(H,26,28)(H,29,35)(H,30,33)(H,31,34)(H,36,37)(H4,24,25,27). The van der Waals surface area contributed by atoms with Gasteiger partial charge in [-0.25, -0.2) is 9.78 Å². The highest BCUT2D eigenvalue weighted by Gasteiger charge is 2.32. The van der Waals surface area contributed by atoms with E-state index in [0.717, 1.165) is 0 Å². The quantitative estimate of drug-likeness (QED) is 0.0581. The van der Waals surface area contributed by atoms with Gasteiger partial charge >= 0.3 is 5.97 Å². The van der Waals surface area contributed by atoms with Crippen molar-refractivity contribution in [3.8, 4) is 0 Å². The summed E-state index contributed by atoms with van der Waals surface area (Å²) in [5.74, 6) is -4.89. The number of aromatic amines is 1. The topological polar surface area (TPSA) is 287 Å². The van der Waals surface area contributed by atoms with Crippen molar-refractivity contribution in [2.75, 3.05) is 6.54 Å². The van der Waals surface area contributed by atoms with Gasteiger partial charge in [0.1, 0.15) is 18.1 Å². The van der Waals surface area contributed by atoms with Crippen LogP contribution in [0.5, 0.6) is 0 Å². The number of primary amides is 1. The number of imidazole rings is 1. The minimum atomic E-state index is -1.28. The first-order valence-electron chi connectivity index (χ1n) is 11.5. The van der Waals surface area contributed by atoms with Crippen molar-refractivity contribution in [1.29, 1.82) is 0 Å². The largest absolute Gasteiger partial charge is 0.480 e. The summed E-state index contributed by atoms with van der Waals surface area (Å²) in [7, 11) is 0. The number of nitrogens with two attached hydrogens (primary N) is 4. The first-order valence-corrected chi connectivity index (χ1v) is 11.5. The van der Waals surface area contributed by atoms with Crippen molar-refractivity contribution in [3.05, 3.63) is 18.2 Å². The zero-order chi connectivity index (χ0) is 28.1. The fourth-order valence-electron chi connectivity index (χ4n) is 3.22. The number of carboxylic acid groups (broad SMARTS) is 1. The lowest BCUT2D eigenvalue weighted by molar-refractivity contribution is -0.142. The van der Waals surface area contributed by atoms with Gasteiger partial charge in [0.15, 0.2) is 5.96 Å². The fraction of sp³-hybridized carbons (Fsp3) is 0.571. The van der Waals surface area contributed by atoms with Crippen LogP contribution in [0.3, 0.4) is 0 Å². The van der Waals surface area contributed by atoms with Crippen LogP contribution in [0.1, 0.15) is 38.8 Å². The summed E-state index contributed by atoms with van der Waals surface area (Å²) in [6, 6.07) is -4.86. The predicted octanol–water partition coefficient (Wildman–Crippen LogP) is -3.60. The van der Waals surface area contributed by atoms with E-state index in [-0.39, 0.29) is 31.8 Å². The van der Waals surface area contributed by atoms with E-state index in [1.807, 2.05) is 0 Å². The number of nitrogens with zero attached hydrogens (tertiary/aromatic N) is 2. The van der Waals surface area contributed by atoms with Crippen LogP contribution in [0.4, 0.5) is 0 Å². The maximum Gasteiger partial charge on any atom is 0.326 e. The number of nitrogens with one attached hydrogen (secondary N) is 4. The normalized spacial score (nSPS) is 14.1. The highest BCUT2D eigenvalue weighted by Crippen LogP contribution is 2.07. The number of carbonyl (C=O) groups excluding carboxylic acids is 4. The number of aliphatic carboxylic acids is 1. The molecule has 1 rings (SSSR count). The molecule has 4 unspecified atom stereocenters. The van der Waals surface area contributed by atoms with Crippen LogP contribution < -0.4 is 38.9 Å². The molecule has 0 saturated heterocycles. The number of rotatable bonds is 16. The number of carboxylic acids is 1. The molecule has 1 aromatic rings. The molecule has 0 spiro atoms. The van der Waals surface area contributed by atoms with Crippen molar-refractivity contribution in [1.82, 2.24) is 25.9 Å². The van der Waals surface area contributed by atoms with E-state index in [1.165, 1.54) is 12.5 Å². The Kier molecular flexibility index (Phi) is 12.5. The third-order valence-electron chi connectivity index (χ3n) is 5.18. The molecule has 0 aromatic carbocycles. The molecule has 1 heterocycles. The predicted molar refractivity (Wildman–Crippen MR) is 132 cm³/mol. The molecule has 206 valence electrons. The smallest absolute Gasteiger partial charge is 0.326 e. The lowest BCUT2D eigenvalue weighted by atomic mass is 10.0. The minimum absolute atomic E-state index is 0.0319. The molecular weight excluding hydrogens is 488 g/mol. The Hall–Kier alpha value is -4.21. The van der Waals surface area contributed by atoms with Crippen molar-refractivity contribution in [2.24, 2.45) is 33.8 Å². The summed E-state index contributed by atoms with van der Waals surface area (Å²) in [5, 5.41) is 16.9. The molecule has 0 radical (unpaired) electrons. The summed E-state index contributed by atoms with van der Waals surface area (Å²) in [4.78, 5) is 71.7. The number of guanidine groups is 1. The Morgan fingerprint density at radius 3 is 2.19 bits per heavy atom. The van der Waals surface area contributed by atoms with Gasteiger partial charge in [0, 0.05) is 24.9 Å². The van der Waals surface area contributed by atoms with Gasteiger partial charge in [0.25, 0.3) is 0 Å². The second-order valence-corrected chi connectivity index (χ2v) is 8.70. The molecular formula is C21H36N10O6. The number of amides is 4. The fourth-order valence-corrected chi connectivity index (χ4v) is 3.22. The molecule has 0 bridgehead atoms. The average molecular weight is 525 g/mol. The van der Waals surface area contributed by atoms with Crippen molar-refractivity contribution in [2.45, 2.75) is 63.7 Å². The van der Waals surface area contributed by atoms with E-state index in [2.05, 4.69) is 30.9 Å². The van der Waals surface area contributed by atoms with Crippen LogP contribution in [0.15, 0.2) is 17.5 Å². The Morgan fingerprint density at radius 1 is 1.03 bits per heavy atom. The van der Waals surface area contributed by atoms with Crippen LogP contribution in [-0.4, -0.2) is 81.3 Å². The van der Waals surface area contributed by atoms with E-state index in [0.29, 0.717) is 5.69 Å². The van der Waals surface area contributed by atoms with E-state index in [9.17, 15) is 29.1 Å². The third-order valence-corrected chi connectivity index (χ3v) is 5.18. The van der Waals surface area contributed by atoms with E-state index in [1.54, 1.807) is 13.8 Å². The Labute approximate surface area is 213 Å². The van der Waals surface area contributed by atoms with Crippen LogP contribution >= 0.6 is 0 Å². The summed E-state index contributed by atoms with van der Waals surface area (Å²) >= 11 is 0. The molecule has 13 N–H and O–H groups in total. The van der Waals surface area contributed by atoms with E-state index < -0.39 is 66.1 Å². The number of aromatic nitrogens is 2. The second kappa shape index (κ2) is 15.0. The number of carbonyl (C=O) groups is 5. The average Bonchev–Trinajstić information content (AvgIpc) is 3.30. The van der Waals surface area contributed by atoms with Gasteiger partial charge in [-0.15, -0.1) is 0 Å². The zero-order valence-corrected chi connectivity index (χ0v) is 20.8. The molecule has 0 aliphatic heterocycles. The first-order chi connectivity index (χ1) is 17.3. The second-order valence-electron chi connectivity index (χ2n) is 8.70. The Bertz CT molecular complexity index is 961. The lowest BCUT2D eigenvalue weighted by Gasteiger charge is -2.27. The van der Waals surface area contributed by atoms with Gasteiger partial charge in [0.2, 0.25) is 23.6 Å². The molecule has 16 nitrogen and oxygen atoms in total. The summed E-state index contributed by atoms with van der Waals surface area (Å²) in [5.41, 5.74) is 21.8. The van der Waals surface area contributed by atoms with E-state index >= 15 is 0 Å². The van der Waals surface area contributed by atoms with Gasteiger partial charge in [-0.1, -0.05) is 13.8 Å². The Balaban J connectivity index is 2.97. The summed E-state index contributed by atoms with van der Waals surface area (Å²) in [6.45, 7) is 3.49. The van der Waals surface area contributed by atoms with Crippen LogP contribution in [-0.2, 0) is 30.4 Å². The highest BCUT2D eigenvalue weighted by atomic mass is 16.4. The van der Waals surface area contributed by atoms with Crippen molar-refractivity contribution >= 4 is 35.6 Å². The number of hydrogen-bond donors (Lipinski definition) is 9. The highest BCUT2D eigenvalue weighted by molar-refractivity contribution is 5.95. The van der Waals surface area contributed by atoms with Gasteiger partial charge in [-0.3, -0.25) is 24.2 Å².